The van der Waals surface area contributed by atoms with Crippen LogP contribution in [0.4, 0.5) is 0 Å². The summed E-state index contributed by atoms with van der Waals surface area (Å²) < 4.78 is 13.6. The summed E-state index contributed by atoms with van der Waals surface area (Å²) in [4.78, 5) is 15.3. The average molecular weight is 540 g/mol. The van der Waals surface area contributed by atoms with Crippen LogP contribution in [0, 0.1) is 0 Å². The zero-order valence-corrected chi connectivity index (χ0v) is 23.0. The molecule has 0 fully saturated rings. The molecule has 1 amide bonds. The number of ether oxygens (including phenoxy) is 2. The Bertz CT molecular complexity index is 1470. The fraction of sp³-hybridized carbons (Fsp3) is 0.333. The molecule has 1 aromatic heterocycles. The largest absolute Gasteiger partial charge is 0.496 e. The molecular formula is C27H27Cl2N5O3. The maximum Gasteiger partial charge on any atom is 0.274 e. The smallest absolute Gasteiger partial charge is 0.274 e. The van der Waals surface area contributed by atoms with E-state index in [1.54, 1.807) is 48.2 Å². The van der Waals surface area contributed by atoms with E-state index >= 15 is 0 Å². The highest BCUT2D eigenvalue weighted by Gasteiger charge is 2.35. The first kappa shape index (κ1) is 25.3. The lowest BCUT2D eigenvalue weighted by Gasteiger charge is -2.31. The predicted octanol–water partition coefficient (Wildman–Crippen LogP) is 6.16. The van der Waals surface area contributed by atoms with Gasteiger partial charge in [-0.25, -0.2) is 4.68 Å². The van der Waals surface area contributed by atoms with Crippen LogP contribution in [-0.4, -0.2) is 52.2 Å². The van der Waals surface area contributed by atoms with E-state index in [1.807, 2.05) is 39.8 Å². The Morgan fingerprint density at radius 3 is 2.46 bits per heavy atom. The maximum atomic E-state index is 13.7. The molecule has 2 aliphatic heterocycles. The number of methoxy groups -OCH3 is 1. The van der Waals surface area contributed by atoms with Gasteiger partial charge in [-0.05, 0) is 52.0 Å². The molecule has 0 N–H and O–H groups in total. The summed E-state index contributed by atoms with van der Waals surface area (Å²) in [5.74, 6) is 0.934. The monoisotopic (exact) mass is 539 g/mol. The van der Waals surface area contributed by atoms with Crippen LogP contribution in [-0.2, 0) is 6.61 Å². The number of amides is 1. The van der Waals surface area contributed by atoms with Gasteiger partial charge in [0.2, 0.25) is 0 Å². The van der Waals surface area contributed by atoms with E-state index in [0.717, 1.165) is 22.5 Å². The summed E-state index contributed by atoms with van der Waals surface area (Å²) in [5.41, 5.74) is 4.48. The van der Waals surface area contributed by atoms with E-state index in [4.69, 9.17) is 37.8 Å². The van der Waals surface area contributed by atoms with Crippen LogP contribution in [0.15, 0.2) is 40.5 Å². The van der Waals surface area contributed by atoms with E-state index < -0.39 is 5.54 Å². The van der Waals surface area contributed by atoms with E-state index in [9.17, 15) is 4.79 Å². The van der Waals surface area contributed by atoms with E-state index in [1.165, 1.54) is 0 Å². The SMILES string of the molecule is COc1cc2c(cc1C1C=NN=C1C)-c1c(c(C(=O)N(C)C(C)(C)C)nn1-c1cc(Cl)cc(Cl)c1)CO2. The van der Waals surface area contributed by atoms with Gasteiger partial charge in [0.05, 0.1) is 30.1 Å². The molecule has 2 aromatic carbocycles. The zero-order valence-electron chi connectivity index (χ0n) is 21.5. The standard InChI is InChI=1S/C27H27Cl2N5O3/c1-14-20(12-30-31-14)18-10-19-23(11-22(18)36-6)37-13-21-24(26(35)33(5)27(2,3)4)32-34(25(19)21)17-8-15(28)7-16(29)9-17/h7-12,20H,13H2,1-6H3. The molecule has 1 atom stereocenters. The van der Waals surface area contributed by atoms with Crippen LogP contribution in [0.25, 0.3) is 16.9 Å². The van der Waals surface area contributed by atoms with Gasteiger partial charge in [0.15, 0.2) is 5.69 Å². The minimum atomic E-state index is -0.403. The van der Waals surface area contributed by atoms with Crippen molar-refractivity contribution in [2.24, 2.45) is 10.2 Å². The average Bonchev–Trinajstić information content (AvgIpc) is 3.44. The Labute approximate surface area is 225 Å². The lowest BCUT2D eigenvalue weighted by atomic mass is 9.91. The molecule has 37 heavy (non-hydrogen) atoms. The lowest BCUT2D eigenvalue weighted by molar-refractivity contribution is 0.0646. The molecule has 0 saturated heterocycles. The number of rotatable bonds is 4. The van der Waals surface area contributed by atoms with E-state index in [-0.39, 0.29) is 18.4 Å². The molecule has 10 heteroatoms. The molecular weight excluding hydrogens is 513 g/mol. The van der Waals surface area contributed by atoms with Crippen molar-refractivity contribution in [2.75, 3.05) is 14.2 Å². The Morgan fingerprint density at radius 1 is 1.16 bits per heavy atom. The van der Waals surface area contributed by atoms with Crippen molar-refractivity contribution in [1.82, 2.24) is 14.7 Å². The highest BCUT2D eigenvalue weighted by Crippen LogP contribution is 2.45. The normalized spacial score (nSPS) is 16.1. The van der Waals surface area contributed by atoms with Crippen molar-refractivity contribution in [3.05, 3.63) is 57.2 Å². The van der Waals surface area contributed by atoms with Crippen molar-refractivity contribution in [2.45, 2.75) is 45.8 Å². The van der Waals surface area contributed by atoms with Crippen molar-refractivity contribution >= 4 is 41.0 Å². The summed E-state index contributed by atoms with van der Waals surface area (Å²) in [6.45, 7) is 8.02. The van der Waals surface area contributed by atoms with Gasteiger partial charge in [0, 0.05) is 51.6 Å². The first-order chi connectivity index (χ1) is 17.5. The number of fused-ring (bicyclic) bond motifs is 3. The Morgan fingerprint density at radius 2 is 1.86 bits per heavy atom. The third-order valence-electron chi connectivity index (χ3n) is 6.76. The summed E-state index contributed by atoms with van der Waals surface area (Å²) in [7, 11) is 3.39. The van der Waals surface area contributed by atoms with Gasteiger partial charge >= 0.3 is 0 Å². The third kappa shape index (κ3) is 4.38. The summed E-state index contributed by atoms with van der Waals surface area (Å²) >= 11 is 12.7. The second-order valence-corrected chi connectivity index (χ2v) is 11.0. The first-order valence-electron chi connectivity index (χ1n) is 11.8. The third-order valence-corrected chi connectivity index (χ3v) is 7.20. The van der Waals surface area contributed by atoms with Crippen LogP contribution in [0.1, 0.15) is 55.2 Å². The van der Waals surface area contributed by atoms with Gasteiger partial charge in [0.25, 0.3) is 5.91 Å². The fourth-order valence-corrected chi connectivity index (χ4v) is 4.98. The molecule has 0 radical (unpaired) electrons. The zero-order chi connectivity index (χ0) is 26.6. The Balaban J connectivity index is 1.78. The van der Waals surface area contributed by atoms with Gasteiger partial charge in [-0.3, -0.25) is 4.79 Å². The minimum Gasteiger partial charge on any atom is -0.496 e. The predicted molar refractivity (Wildman–Crippen MR) is 146 cm³/mol. The van der Waals surface area contributed by atoms with Gasteiger partial charge < -0.3 is 14.4 Å². The van der Waals surface area contributed by atoms with Crippen LogP contribution < -0.4 is 9.47 Å². The second-order valence-electron chi connectivity index (χ2n) is 10.1. The topological polar surface area (TPSA) is 81.3 Å². The van der Waals surface area contributed by atoms with Crippen LogP contribution in [0.5, 0.6) is 11.5 Å². The van der Waals surface area contributed by atoms with Crippen molar-refractivity contribution in [3.8, 4) is 28.4 Å². The first-order valence-corrected chi connectivity index (χ1v) is 12.5. The number of nitrogens with zero attached hydrogens (tertiary/aromatic N) is 5. The quantitative estimate of drug-likeness (QED) is 0.397. The minimum absolute atomic E-state index is 0.143. The Hall–Kier alpha value is -3.36. The van der Waals surface area contributed by atoms with Crippen molar-refractivity contribution in [3.63, 3.8) is 0 Å². The maximum absolute atomic E-state index is 13.7. The molecule has 8 nitrogen and oxygen atoms in total. The van der Waals surface area contributed by atoms with Crippen molar-refractivity contribution in [1.29, 1.82) is 0 Å². The molecule has 0 saturated carbocycles. The van der Waals surface area contributed by atoms with Crippen molar-refractivity contribution < 1.29 is 14.3 Å². The number of hydrogen-bond donors (Lipinski definition) is 0. The second kappa shape index (κ2) is 9.19. The number of halogens is 2. The van der Waals surface area contributed by atoms with Gasteiger partial charge in [-0.2, -0.15) is 15.3 Å². The molecule has 0 bridgehead atoms. The molecule has 0 aliphatic carbocycles. The van der Waals surface area contributed by atoms with Gasteiger partial charge in [-0.1, -0.05) is 23.2 Å². The fourth-order valence-electron chi connectivity index (χ4n) is 4.47. The lowest BCUT2D eigenvalue weighted by Crippen LogP contribution is -2.43. The molecule has 1 unspecified atom stereocenters. The number of carbonyl (C=O) groups is 1. The molecule has 3 heterocycles. The van der Waals surface area contributed by atoms with Crippen LogP contribution >= 0.6 is 23.2 Å². The van der Waals surface area contributed by atoms with Gasteiger partial charge in [-0.15, -0.1) is 0 Å². The van der Waals surface area contributed by atoms with Crippen LogP contribution in [0.3, 0.4) is 0 Å². The summed E-state index contributed by atoms with van der Waals surface area (Å²) in [6.07, 6.45) is 1.78. The van der Waals surface area contributed by atoms with E-state index in [0.29, 0.717) is 38.5 Å². The molecule has 192 valence electrons. The molecule has 0 spiro atoms. The number of aromatic nitrogens is 2. The van der Waals surface area contributed by atoms with Crippen LogP contribution in [0.2, 0.25) is 10.0 Å². The summed E-state index contributed by atoms with van der Waals surface area (Å²) in [5, 5.41) is 14.0. The highest BCUT2D eigenvalue weighted by atomic mass is 35.5. The van der Waals surface area contributed by atoms with E-state index in [2.05, 4.69) is 10.2 Å². The number of hydrogen-bond acceptors (Lipinski definition) is 6. The summed E-state index contributed by atoms with van der Waals surface area (Å²) in [6, 6.07) is 9.05. The molecule has 2 aliphatic rings. The Kier molecular flexibility index (Phi) is 6.28. The van der Waals surface area contributed by atoms with Gasteiger partial charge in [0.1, 0.15) is 18.1 Å². The highest BCUT2D eigenvalue weighted by molar-refractivity contribution is 6.34. The molecule has 5 rings (SSSR count). The number of carbonyl (C=O) groups excluding carboxylic acids is 1. The molecule has 3 aromatic rings. The number of benzene rings is 2.